The van der Waals surface area contributed by atoms with E-state index in [4.69, 9.17) is 39.5 Å². The fourth-order valence-electron chi connectivity index (χ4n) is 3.59. The lowest BCUT2D eigenvalue weighted by atomic mass is 10.0. The lowest BCUT2D eigenvalue weighted by molar-refractivity contribution is -0.118. The highest BCUT2D eigenvalue weighted by Crippen LogP contribution is 2.42. The summed E-state index contributed by atoms with van der Waals surface area (Å²) < 4.78 is 5.61. The maximum absolute atomic E-state index is 12.3. The summed E-state index contributed by atoms with van der Waals surface area (Å²) in [4.78, 5) is 14.7. The van der Waals surface area contributed by atoms with Gasteiger partial charge in [0.15, 0.2) is 12.4 Å². The first kappa shape index (κ1) is 22.1. The van der Waals surface area contributed by atoms with Crippen molar-refractivity contribution in [2.75, 3.05) is 23.4 Å². The summed E-state index contributed by atoms with van der Waals surface area (Å²) in [6.45, 7) is 6.69. The quantitative estimate of drug-likeness (QED) is 0.548. The van der Waals surface area contributed by atoms with Crippen LogP contribution >= 0.6 is 34.8 Å². The fraction of sp³-hybridized carbons (Fsp3) is 0.409. The van der Waals surface area contributed by atoms with Crippen LogP contribution in [-0.2, 0) is 4.79 Å². The highest BCUT2D eigenvalue weighted by molar-refractivity contribution is 6.42. The van der Waals surface area contributed by atoms with Crippen molar-refractivity contribution in [2.45, 2.75) is 46.1 Å². The summed E-state index contributed by atoms with van der Waals surface area (Å²) in [5, 5.41) is 3.97. The number of halogens is 3. The second-order valence-corrected chi connectivity index (χ2v) is 8.58. The first-order valence-electron chi connectivity index (χ1n) is 9.72. The van der Waals surface area contributed by atoms with Crippen molar-refractivity contribution in [2.24, 2.45) is 0 Å². The molecule has 0 saturated carbocycles. The zero-order valence-electron chi connectivity index (χ0n) is 16.8. The molecule has 1 N–H and O–H groups in total. The monoisotopic (exact) mass is 454 g/mol. The molecule has 29 heavy (non-hydrogen) atoms. The molecule has 0 bridgehead atoms. The Balaban J connectivity index is 1.62. The van der Waals surface area contributed by atoms with E-state index in [9.17, 15) is 4.79 Å². The van der Waals surface area contributed by atoms with Crippen LogP contribution in [-0.4, -0.2) is 25.1 Å². The van der Waals surface area contributed by atoms with Gasteiger partial charge in [-0.25, -0.2) is 0 Å². The predicted octanol–water partition coefficient (Wildman–Crippen LogP) is 6.66. The van der Waals surface area contributed by atoms with Crippen molar-refractivity contribution in [3.63, 3.8) is 0 Å². The number of ether oxygens (including phenoxy) is 1. The second-order valence-electron chi connectivity index (χ2n) is 7.44. The summed E-state index contributed by atoms with van der Waals surface area (Å²) in [6.07, 6.45) is 3.71. The van der Waals surface area contributed by atoms with E-state index in [0.717, 1.165) is 6.54 Å². The number of hydrogen-bond acceptors (Lipinski definition) is 3. The molecule has 156 valence electrons. The van der Waals surface area contributed by atoms with Gasteiger partial charge in [-0.15, -0.1) is 0 Å². The van der Waals surface area contributed by atoms with Gasteiger partial charge in [-0.1, -0.05) is 34.8 Å². The Bertz CT molecular complexity index is 871. The molecule has 4 nitrogen and oxygen atoms in total. The Morgan fingerprint density at radius 3 is 2.28 bits per heavy atom. The van der Waals surface area contributed by atoms with Crippen molar-refractivity contribution < 1.29 is 9.53 Å². The highest BCUT2D eigenvalue weighted by Gasteiger charge is 2.20. The zero-order valence-corrected chi connectivity index (χ0v) is 19.1. The van der Waals surface area contributed by atoms with Crippen LogP contribution in [0.3, 0.4) is 0 Å². The van der Waals surface area contributed by atoms with Crippen LogP contribution in [0.1, 0.15) is 37.3 Å². The van der Waals surface area contributed by atoms with Crippen molar-refractivity contribution in [1.82, 2.24) is 0 Å². The average molecular weight is 456 g/mol. The Morgan fingerprint density at radius 2 is 1.69 bits per heavy atom. The van der Waals surface area contributed by atoms with Gasteiger partial charge in [0, 0.05) is 29.0 Å². The third kappa shape index (κ3) is 4.93. The van der Waals surface area contributed by atoms with Gasteiger partial charge in [0.1, 0.15) is 0 Å². The topological polar surface area (TPSA) is 41.6 Å². The van der Waals surface area contributed by atoms with Crippen LogP contribution in [0.2, 0.25) is 15.1 Å². The van der Waals surface area contributed by atoms with Crippen LogP contribution < -0.4 is 15.0 Å². The Hall–Kier alpha value is -1.62. The molecule has 1 fully saturated rings. The molecule has 0 unspecified atom stereocenters. The summed E-state index contributed by atoms with van der Waals surface area (Å²) >= 11 is 18.8. The van der Waals surface area contributed by atoms with Crippen LogP contribution in [0.4, 0.5) is 11.4 Å². The van der Waals surface area contributed by atoms with Gasteiger partial charge in [-0.2, -0.15) is 0 Å². The molecular weight excluding hydrogens is 431 g/mol. The van der Waals surface area contributed by atoms with Gasteiger partial charge in [0.25, 0.3) is 5.91 Å². The highest BCUT2D eigenvalue weighted by atomic mass is 35.5. The van der Waals surface area contributed by atoms with Crippen LogP contribution in [0.25, 0.3) is 0 Å². The molecule has 1 amide bonds. The van der Waals surface area contributed by atoms with E-state index in [1.54, 1.807) is 13.8 Å². The second kappa shape index (κ2) is 9.46. The summed E-state index contributed by atoms with van der Waals surface area (Å²) in [5.74, 6) is -0.0150. The molecule has 1 aliphatic heterocycles. The van der Waals surface area contributed by atoms with Gasteiger partial charge >= 0.3 is 0 Å². The molecule has 1 heterocycles. The first-order valence-corrected chi connectivity index (χ1v) is 10.9. The molecule has 2 aromatic rings. The summed E-state index contributed by atoms with van der Waals surface area (Å²) in [6, 6.07) is 8.44. The Morgan fingerprint density at radius 1 is 1.07 bits per heavy atom. The standard InChI is InChI=1S/C22H25Cl3N2O2/c1-13-6-4-5-11-27(13)17-9-7-16(8-10-17)26-18(28)12-29-22-20(24)14(2)19(23)15(3)21(22)25/h7-10,13H,4-6,11-12H2,1-3H3,(H,26,28)/t13-/m0/s1. The largest absolute Gasteiger partial charge is 0.481 e. The number of benzene rings is 2. The number of rotatable bonds is 5. The smallest absolute Gasteiger partial charge is 0.262 e. The number of nitrogens with zero attached hydrogens (tertiary/aromatic N) is 1. The van der Waals surface area contributed by atoms with E-state index in [1.807, 2.05) is 24.3 Å². The molecule has 2 aromatic carbocycles. The minimum absolute atomic E-state index is 0.204. The molecular formula is C22H25Cl3N2O2. The molecule has 3 rings (SSSR count). The maximum Gasteiger partial charge on any atom is 0.262 e. The lowest BCUT2D eigenvalue weighted by Crippen LogP contribution is -2.37. The molecule has 1 atom stereocenters. The summed E-state index contributed by atoms with van der Waals surface area (Å²) in [5.41, 5.74) is 3.24. The predicted molar refractivity (Wildman–Crippen MR) is 122 cm³/mol. The zero-order chi connectivity index (χ0) is 21.1. The third-order valence-corrected chi connectivity index (χ3v) is 6.83. The van der Waals surface area contributed by atoms with Gasteiger partial charge in [-0.05, 0) is 75.4 Å². The van der Waals surface area contributed by atoms with Gasteiger partial charge in [0.05, 0.1) is 10.0 Å². The Labute approximate surface area is 187 Å². The van der Waals surface area contributed by atoms with E-state index in [-0.39, 0.29) is 18.3 Å². The van der Waals surface area contributed by atoms with Crippen molar-refractivity contribution in [3.8, 4) is 5.75 Å². The molecule has 0 aromatic heterocycles. The van der Waals surface area contributed by atoms with Crippen molar-refractivity contribution >= 4 is 52.1 Å². The number of carbonyl (C=O) groups excluding carboxylic acids is 1. The van der Waals surface area contributed by atoms with Gasteiger partial charge in [-0.3, -0.25) is 4.79 Å². The summed E-state index contributed by atoms with van der Waals surface area (Å²) in [7, 11) is 0. The number of nitrogens with one attached hydrogen (secondary N) is 1. The van der Waals surface area contributed by atoms with E-state index >= 15 is 0 Å². The van der Waals surface area contributed by atoms with E-state index in [0.29, 0.717) is 37.9 Å². The van der Waals surface area contributed by atoms with Crippen LogP contribution in [0.5, 0.6) is 5.75 Å². The number of anilines is 2. The molecule has 1 aliphatic rings. The maximum atomic E-state index is 12.3. The first-order chi connectivity index (χ1) is 13.8. The number of piperidine rings is 1. The van der Waals surface area contributed by atoms with Crippen LogP contribution in [0, 0.1) is 13.8 Å². The number of carbonyl (C=O) groups is 1. The lowest BCUT2D eigenvalue weighted by Gasteiger charge is -2.35. The molecule has 0 radical (unpaired) electrons. The minimum Gasteiger partial charge on any atom is -0.481 e. The van der Waals surface area contributed by atoms with Crippen molar-refractivity contribution in [3.05, 3.63) is 50.5 Å². The van der Waals surface area contributed by atoms with E-state index < -0.39 is 0 Å². The molecule has 0 spiro atoms. The molecule has 0 aliphatic carbocycles. The van der Waals surface area contributed by atoms with E-state index in [1.165, 1.54) is 24.9 Å². The normalized spacial score (nSPS) is 16.6. The third-order valence-electron chi connectivity index (χ3n) is 5.35. The SMILES string of the molecule is Cc1c(Cl)c(C)c(Cl)c(OCC(=O)Nc2ccc(N3CCCC[C@@H]3C)cc2)c1Cl. The average Bonchev–Trinajstić information content (AvgIpc) is 2.72. The van der Waals surface area contributed by atoms with Gasteiger partial charge in [0.2, 0.25) is 0 Å². The fourth-order valence-corrected chi connectivity index (χ4v) is 4.41. The molecule has 1 saturated heterocycles. The van der Waals surface area contributed by atoms with Crippen LogP contribution in [0.15, 0.2) is 24.3 Å². The van der Waals surface area contributed by atoms with E-state index in [2.05, 4.69) is 17.1 Å². The number of hydrogen-bond donors (Lipinski definition) is 1. The molecule has 7 heteroatoms. The van der Waals surface area contributed by atoms with Crippen molar-refractivity contribution in [1.29, 1.82) is 0 Å². The minimum atomic E-state index is -0.290. The van der Waals surface area contributed by atoms with Gasteiger partial charge < -0.3 is 15.0 Å². The number of amides is 1. The Kier molecular flexibility index (Phi) is 7.20.